The molecule has 4 amide bonds. The molecule has 1 aromatic carbocycles. The number of likely N-dealkylation sites (tertiary alicyclic amines) is 1. The quantitative estimate of drug-likeness (QED) is 0.504. The lowest BCUT2D eigenvalue weighted by Gasteiger charge is -2.46. The summed E-state index contributed by atoms with van der Waals surface area (Å²) in [6.07, 6.45) is 3.81. The molecule has 4 aliphatic heterocycles. The highest BCUT2D eigenvalue weighted by molar-refractivity contribution is 6.00. The van der Waals surface area contributed by atoms with Crippen LogP contribution in [0.2, 0.25) is 0 Å². The van der Waals surface area contributed by atoms with Crippen LogP contribution in [-0.2, 0) is 9.53 Å². The van der Waals surface area contributed by atoms with Gasteiger partial charge in [0.1, 0.15) is 11.8 Å². The molecular weight excluding hydrogens is 524 g/mol. The number of nitrogens with one attached hydrogen (secondary N) is 3. The average Bonchev–Trinajstić information content (AvgIpc) is 2.96. The van der Waals surface area contributed by atoms with E-state index in [2.05, 4.69) is 32.8 Å². The highest BCUT2D eigenvalue weighted by Crippen LogP contribution is 2.27. The second-order valence-electron chi connectivity index (χ2n) is 12.2. The van der Waals surface area contributed by atoms with Gasteiger partial charge in [-0.05, 0) is 71.8 Å². The molecule has 4 heterocycles. The maximum Gasteiger partial charge on any atom is 0.315 e. The first-order valence-corrected chi connectivity index (χ1v) is 15.2. The van der Waals surface area contributed by atoms with Crippen molar-refractivity contribution in [1.29, 1.82) is 0 Å². The van der Waals surface area contributed by atoms with E-state index in [9.17, 15) is 14.4 Å². The lowest BCUT2D eigenvalue weighted by atomic mass is 9.96. The van der Waals surface area contributed by atoms with Crippen molar-refractivity contribution in [3.05, 3.63) is 29.8 Å². The molecule has 11 nitrogen and oxygen atoms in total. The van der Waals surface area contributed by atoms with Crippen LogP contribution in [0.5, 0.6) is 5.75 Å². The van der Waals surface area contributed by atoms with Crippen LogP contribution in [0.25, 0.3) is 0 Å². The molecule has 4 aliphatic rings. The van der Waals surface area contributed by atoms with Crippen molar-refractivity contribution < 1.29 is 23.9 Å². The van der Waals surface area contributed by atoms with E-state index in [1.54, 1.807) is 11.0 Å². The van der Waals surface area contributed by atoms with Crippen LogP contribution in [0.3, 0.4) is 0 Å². The Morgan fingerprint density at radius 2 is 1.80 bits per heavy atom. The van der Waals surface area contributed by atoms with Crippen molar-refractivity contribution in [3.63, 3.8) is 0 Å². The van der Waals surface area contributed by atoms with Crippen LogP contribution in [0.4, 0.5) is 4.79 Å². The largest absolute Gasteiger partial charge is 0.493 e. The predicted octanol–water partition coefficient (Wildman–Crippen LogP) is 1.43. The van der Waals surface area contributed by atoms with Gasteiger partial charge < -0.3 is 35.2 Å². The fraction of sp³-hybridized carbons (Fsp3) is 0.700. The summed E-state index contributed by atoms with van der Waals surface area (Å²) in [6, 6.07) is 6.60. The minimum atomic E-state index is -0.637. The number of ether oxygens (including phenoxy) is 2. The van der Waals surface area contributed by atoms with Gasteiger partial charge in [0.25, 0.3) is 5.91 Å². The Bertz CT molecular complexity index is 1080. The molecule has 0 spiro atoms. The molecule has 1 aromatic rings. The Labute approximate surface area is 243 Å². The minimum absolute atomic E-state index is 0.0123. The van der Waals surface area contributed by atoms with Gasteiger partial charge in [0.15, 0.2) is 0 Å². The first-order valence-electron chi connectivity index (χ1n) is 15.2. The van der Waals surface area contributed by atoms with Crippen molar-refractivity contribution in [2.75, 3.05) is 52.9 Å². The molecule has 0 aromatic heterocycles. The van der Waals surface area contributed by atoms with E-state index in [0.717, 1.165) is 45.3 Å². The normalized spacial score (nSPS) is 29.0. The molecule has 11 heteroatoms. The van der Waals surface area contributed by atoms with Crippen LogP contribution in [0.1, 0.15) is 56.3 Å². The Morgan fingerprint density at radius 3 is 2.59 bits per heavy atom. The third-order valence-electron chi connectivity index (χ3n) is 8.82. The number of hydrogen-bond donors (Lipinski definition) is 3. The molecule has 4 atom stereocenters. The summed E-state index contributed by atoms with van der Waals surface area (Å²) in [5.74, 6) is 0.161. The first kappa shape index (κ1) is 29.6. The number of carbonyl (C=O) groups excluding carboxylic acids is 3. The number of carbonyl (C=O) groups is 3. The molecule has 0 saturated carbocycles. The van der Waals surface area contributed by atoms with Crippen LogP contribution in [0.15, 0.2) is 24.3 Å². The molecule has 5 rings (SSSR count). The van der Waals surface area contributed by atoms with E-state index in [1.807, 2.05) is 32.0 Å². The molecule has 0 unspecified atom stereocenters. The van der Waals surface area contributed by atoms with Crippen molar-refractivity contribution in [1.82, 2.24) is 30.7 Å². The molecule has 0 aliphatic carbocycles. The Hall–Kier alpha value is -2.89. The van der Waals surface area contributed by atoms with E-state index in [-0.39, 0.29) is 48.7 Å². The summed E-state index contributed by atoms with van der Waals surface area (Å²) in [5, 5.41) is 9.05. The highest BCUT2D eigenvalue weighted by atomic mass is 16.5. The number of fused-ring (bicyclic) bond motifs is 4. The third-order valence-corrected chi connectivity index (χ3v) is 8.82. The van der Waals surface area contributed by atoms with Gasteiger partial charge in [0.05, 0.1) is 30.4 Å². The maximum atomic E-state index is 13.9. The lowest BCUT2D eigenvalue weighted by molar-refractivity contribution is -0.130. The van der Waals surface area contributed by atoms with Gasteiger partial charge in [0.2, 0.25) is 5.91 Å². The lowest BCUT2D eigenvalue weighted by Crippen LogP contribution is -2.64. The van der Waals surface area contributed by atoms with Gasteiger partial charge in [-0.2, -0.15) is 0 Å². The number of piperazine rings is 1. The molecule has 41 heavy (non-hydrogen) atoms. The van der Waals surface area contributed by atoms with Crippen molar-refractivity contribution in [2.45, 2.75) is 82.3 Å². The summed E-state index contributed by atoms with van der Waals surface area (Å²) in [5.41, 5.74) is 0.484. The smallest absolute Gasteiger partial charge is 0.315 e. The molecule has 0 radical (unpaired) electrons. The molecular formula is C30H46N6O5. The molecule has 2 bridgehead atoms. The highest BCUT2D eigenvalue weighted by Gasteiger charge is 2.40. The number of urea groups is 1. The van der Waals surface area contributed by atoms with E-state index < -0.39 is 6.04 Å². The zero-order valence-corrected chi connectivity index (χ0v) is 24.6. The number of benzene rings is 1. The van der Waals surface area contributed by atoms with Crippen LogP contribution >= 0.6 is 0 Å². The number of hydrogen-bond acceptors (Lipinski definition) is 7. The van der Waals surface area contributed by atoms with E-state index >= 15 is 0 Å². The SMILES string of the molecule is CC(C)NC(=O)N[C@@H]1CC[C@H]2CCOc3ccccc3C(=O)N3CCN(C4CCN(C)CC4)C[C@H]3C(=O)NC[C@H]1O2. The molecule has 3 fully saturated rings. The first-order chi connectivity index (χ1) is 19.8. The van der Waals surface area contributed by atoms with E-state index in [0.29, 0.717) is 43.5 Å². The summed E-state index contributed by atoms with van der Waals surface area (Å²) >= 11 is 0. The topological polar surface area (TPSA) is 115 Å². The second kappa shape index (κ2) is 13.4. The Kier molecular flexibility index (Phi) is 9.67. The molecule has 3 saturated heterocycles. The van der Waals surface area contributed by atoms with Gasteiger partial charge in [-0.3, -0.25) is 14.5 Å². The van der Waals surface area contributed by atoms with Crippen molar-refractivity contribution in [3.8, 4) is 5.75 Å². The van der Waals surface area contributed by atoms with Gasteiger partial charge in [-0.25, -0.2) is 4.79 Å². The van der Waals surface area contributed by atoms with Gasteiger partial charge in [-0.15, -0.1) is 0 Å². The number of piperidine rings is 1. The second-order valence-corrected chi connectivity index (χ2v) is 12.2. The van der Waals surface area contributed by atoms with Crippen LogP contribution in [-0.4, -0.2) is 122 Å². The summed E-state index contributed by atoms with van der Waals surface area (Å²) < 4.78 is 12.6. The zero-order valence-electron chi connectivity index (χ0n) is 24.6. The summed E-state index contributed by atoms with van der Waals surface area (Å²) in [7, 11) is 2.14. The van der Waals surface area contributed by atoms with E-state index in [4.69, 9.17) is 9.47 Å². The van der Waals surface area contributed by atoms with Gasteiger partial charge in [-0.1, -0.05) is 12.1 Å². The van der Waals surface area contributed by atoms with Gasteiger partial charge in [0, 0.05) is 44.7 Å². The van der Waals surface area contributed by atoms with E-state index in [1.165, 1.54) is 0 Å². The monoisotopic (exact) mass is 570 g/mol. The van der Waals surface area contributed by atoms with Crippen LogP contribution < -0.4 is 20.7 Å². The third kappa shape index (κ3) is 7.31. The van der Waals surface area contributed by atoms with Crippen molar-refractivity contribution >= 4 is 17.8 Å². The van der Waals surface area contributed by atoms with Gasteiger partial charge >= 0.3 is 6.03 Å². The zero-order chi connectivity index (χ0) is 28.9. The molecule has 226 valence electrons. The Balaban J connectivity index is 1.37. The Morgan fingerprint density at radius 1 is 1.02 bits per heavy atom. The minimum Gasteiger partial charge on any atom is -0.493 e. The summed E-state index contributed by atoms with van der Waals surface area (Å²) in [4.78, 5) is 46.8. The standard InChI is InChI=1S/C30H46N6O5/c1-20(2)32-30(39)33-24-9-8-22-12-17-40-26-7-5-4-6-23(26)29(38)36-16-15-35(21-10-13-34(3)14-11-21)19-25(36)28(37)31-18-27(24)41-22/h4-7,20-22,24-25,27H,8-19H2,1-3H3,(H,31,37)(H2,32,33,39)/t22-,24+,25-,27+/m0/s1. The average molecular weight is 571 g/mol. The number of amides is 4. The van der Waals surface area contributed by atoms with Crippen LogP contribution in [0, 0.1) is 0 Å². The fourth-order valence-electron chi connectivity index (χ4n) is 6.51. The number of nitrogens with zero attached hydrogens (tertiary/aromatic N) is 3. The summed E-state index contributed by atoms with van der Waals surface area (Å²) in [6.45, 7) is 8.25. The van der Waals surface area contributed by atoms with Crippen molar-refractivity contribution in [2.24, 2.45) is 0 Å². The number of rotatable bonds is 3. The fourth-order valence-corrected chi connectivity index (χ4v) is 6.51. The maximum absolute atomic E-state index is 13.9. The predicted molar refractivity (Wildman–Crippen MR) is 155 cm³/mol. The molecule has 3 N–H and O–H groups in total. The number of para-hydroxylation sites is 1.